The minimum Gasteiger partial charge on any atom is -0.480 e. The molecule has 6 atom stereocenters. The van der Waals surface area contributed by atoms with E-state index in [1.165, 1.54) is 0 Å². The summed E-state index contributed by atoms with van der Waals surface area (Å²) < 4.78 is 20.1. The number of thioether (sulfide) groups is 4. The normalized spacial score (nSPS) is 11.9. The molecule has 4 rings (SSSR count). The predicted molar refractivity (Wildman–Crippen MR) is 476 cm³/mol. The van der Waals surface area contributed by atoms with Crippen LogP contribution in [0.25, 0.3) is 0 Å². The van der Waals surface area contributed by atoms with Crippen LogP contribution in [0.2, 0.25) is 0 Å². The fourth-order valence-corrected chi connectivity index (χ4v) is 11.7. The third-order valence-electron chi connectivity index (χ3n) is 13.7. The van der Waals surface area contributed by atoms with E-state index in [0.717, 1.165) is 11.1 Å². The molecule has 0 bridgehead atoms. The van der Waals surface area contributed by atoms with Gasteiger partial charge in [0.2, 0.25) is 11.8 Å². The number of carbonyl (C=O) groups is 12. The number of carboxylic acids is 2. The van der Waals surface area contributed by atoms with E-state index in [1.807, 2.05) is 66.7 Å². The Morgan fingerprint density at radius 1 is 0.404 bits per heavy atom. The van der Waals surface area contributed by atoms with E-state index in [-0.39, 0.29) is 173 Å². The monoisotopic (exact) mass is 1710 g/mol. The molecular weight excluding hydrogens is 1580 g/mol. The van der Waals surface area contributed by atoms with E-state index in [2.05, 4.69) is 104 Å². The Morgan fingerprint density at radius 3 is 0.982 bits per heavy atom. The van der Waals surface area contributed by atoms with Crippen LogP contribution in [0.5, 0.6) is 0 Å². The summed E-state index contributed by atoms with van der Waals surface area (Å²) >= 11 is 6.59. The third-order valence-corrected chi connectivity index (χ3v) is 19.3. The van der Waals surface area contributed by atoms with Gasteiger partial charge < -0.3 is 61.9 Å². The minimum atomic E-state index is -1.05. The van der Waals surface area contributed by atoms with Crippen molar-refractivity contribution in [1.29, 1.82) is 0 Å². The van der Waals surface area contributed by atoms with Crippen LogP contribution in [0.15, 0.2) is 121 Å². The highest BCUT2D eigenvalue weighted by molar-refractivity contribution is 8.01. The number of carboxylic acid groups (broad SMARTS) is 2. The molecule has 0 saturated heterocycles. The van der Waals surface area contributed by atoms with Crippen LogP contribution in [0.4, 0.5) is 0 Å². The number of hydrogen-bond acceptors (Lipinski definition) is 22. The van der Waals surface area contributed by atoms with E-state index < -0.39 is 47.9 Å². The van der Waals surface area contributed by atoms with Crippen molar-refractivity contribution in [2.75, 3.05) is 62.5 Å². The molecule has 0 spiro atoms. The van der Waals surface area contributed by atoms with Crippen molar-refractivity contribution < 1.29 is 86.7 Å². The molecule has 4 aromatic rings. The number of halogens is 2. The van der Waals surface area contributed by atoms with Gasteiger partial charge in [-0.25, -0.2) is 4.79 Å². The highest BCUT2D eigenvalue weighted by Crippen LogP contribution is 2.30. The van der Waals surface area contributed by atoms with Gasteiger partial charge in [0.15, 0.2) is 11.6 Å². The van der Waals surface area contributed by atoms with Crippen molar-refractivity contribution in [1.82, 2.24) is 21.3 Å². The second-order valence-electron chi connectivity index (χ2n) is 27.9. The summed E-state index contributed by atoms with van der Waals surface area (Å²) in [6.45, 7) is 36.4. The van der Waals surface area contributed by atoms with Crippen molar-refractivity contribution in [2.24, 2.45) is 23.3 Å². The first-order valence-electron chi connectivity index (χ1n) is 36.0. The maximum Gasteiger partial charge on any atom is 0.326 e. The van der Waals surface area contributed by atoms with Crippen molar-refractivity contribution in [3.05, 3.63) is 144 Å². The predicted octanol–water partition coefficient (Wildman–Crippen LogP) is 13.8. The number of nitrogens with two attached hydrogens (primary N) is 2. The summed E-state index contributed by atoms with van der Waals surface area (Å²) in [6.07, 6.45) is 1.44. The smallest absolute Gasteiger partial charge is 0.326 e. The van der Waals surface area contributed by atoms with Gasteiger partial charge in [-0.1, -0.05) is 216 Å². The maximum atomic E-state index is 13.0. The lowest BCUT2D eigenvalue weighted by molar-refractivity contribution is -0.149. The average molecular weight is 1720 g/mol. The number of Topliss-reactive ketones (excluding diaryl/α,β-unsaturated/α-hetero) is 2. The molecule has 0 unspecified atom stereocenters. The van der Waals surface area contributed by atoms with E-state index in [1.54, 1.807) is 143 Å². The lowest BCUT2D eigenvalue weighted by Gasteiger charge is -2.23. The number of esters is 4. The van der Waals surface area contributed by atoms with E-state index >= 15 is 0 Å². The molecule has 24 nitrogen and oxygen atoms in total. The molecule has 0 heterocycles. The lowest BCUT2D eigenvalue weighted by atomic mass is 9.95. The summed E-state index contributed by atoms with van der Waals surface area (Å²) in [5, 5.41) is 27.4. The van der Waals surface area contributed by atoms with Crippen molar-refractivity contribution >= 4 is 151 Å². The first-order valence-corrected chi connectivity index (χ1v) is 39.9. The number of aliphatic carboxylic acids is 2. The SMILES string of the molecule is C.C.C.CCC(=O)N[C@@H](Cc1ccccc1)C(=O)O.CCOC(=O)[C@@H](N)CSC(C)(C)C.CCOC(=O)[C@@H](N)CSC(C)(C)C.CCOC(=O)[C@H](CSC(C)(C)C)CC(=O)CNC(=O)c1ccccc1.CCOC(=O)[C@H](CSC(C)(C)C)CC(=O)[C@H](Cc1ccccc1)NC(=O)CC.Cl.Cl.O=C(O)CNC(=O)c1ccccc1.[B]. The van der Waals surface area contributed by atoms with E-state index in [4.69, 9.17) is 40.6 Å². The Bertz CT molecular complexity index is 3280. The molecular formula is C83H136BCl2N6O18S4. The Hall–Kier alpha value is -7.12. The number of hydrogen-bond donors (Lipinski definition) is 8. The van der Waals surface area contributed by atoms with Crippen LogP contribution in [0.1, 0.15) is 204 Å². The Labute approximate surface area is 712 Å². The molecule has 0 aromatic heterocycles. The Morgan fingerprint density at radius 2 is 0.684 bits per heavy atom. The topological polar surface area (TPSA) is 382 Å². The molecule has 3 radical (unpaired) electrons. The van der Waals surface area contributed by atoms with Crippen molar-refractivity contribution in [3.63, 3.8) is 0 Å². The fourth-order valence-electron chi connectivity index (χ4n) is 8.14. The molecule has 4 amide bonds. The lowest BCUT2D eigenvalue weighted by Crippen LogP contribution is -2.43. The summed E-state index contributed by atoms with van der Waals surface area (Å²) in [7, 11) is 0. The molecule has 4 aromatic carbocycles. The van der Waals surface area contributed by atoms with E-state index in [0.29, 0.717) is 73.0 Å². The first kappa shape index (κ1) is 123. The van der Waals surface area contributed by atoms with Crippen LogP contribution < -0.4 is 32.7 Å². The largest absolute Gasteiger partial charge is 0.480 e. The van der Waals surface area contributed by atoms with Gasteiger partial charge >= 0.3 is 35.8 Å². The summed E-state index contributed by atoms with van der Waals surface area (Å²) in [5.41, 5.74) is 14.1. The molecule has 647 valence electrons. The van der Waals surface area contributed by atoms with Gasteiger partial charge in [0, 0.05) is 93.6 Å². The van der Waals surface area contributed by atoms with Gasteiger partial charge in [0.25, 0.3) is 11.8 Å². The standard InChI is InChI=1S/C22H33NO4S.C19H27NO4S.C12H15NO3.C9H9NO3.2C9H19NO2S.3CH4.B.2ClH/c1-6-20(25)23-18(13-16-11-9-8-10-12-16)19(24)14-17(21(26)27-7-2)15-28-22(3,4)5;1-5-24-18(23)15(13-25-19(2,3)4)11-16(21)12-20-17(22)14-9-7-6-8-10-14;1-2-11(14)13-10(12(15)16)8-9-6-4-3-5-7-9;11-8(12)6-10-9(13)7-4-2-1-3-5-7;2*1-5-12-8(11)7(10)6-13-9(2,3)4;;;;;;/h8-12,17-18H,6-7,13-15H2,1-5H3,(H,23,25);6-10,15H,5,11-13H2,1-4H3,(H,20,22);3-7,10H,2,8H2,1H3,(H,13,14)(H,15,16);1-5H,6H2,(H,10,13)(H,11,12);2*7H,5-6,10H2,1-4H3;3*1H4;;2*1H/t17-,18-;15-;10-;;2*7-;;;;;;/m000.00....../s1. The molecule has 0 aliphatic carbocycles. The average Bonchev–Trinajstić information content (AvgIpc) is 0.867. The number of carbonyl (C=O) groups excluding carboxylic acids is 10. The molecule has 0 fully saturated rings. The van der Waals surface area contributed by atoms with Gasteiger partial charge in [-0.05, 0) is 69.5 Å². The van der Waals surface area contributed by atoms with Crippen LogP contribution in [-0.2, 0) is 79.7 Å². The fraction of sp³-hybridized carbons (Fsp3) is 0.566. The van der Waals surface area contributed by atoms with E-state index in [9.17, 15) is 57.5 Å². The highest BCUT2D eigenvalue weighted by atomic mass is 35.5. The number of ether oxygens (including phenoxy) is 4. The van der Waals surface area contributed by atoms with Crippen LogP contribution in [0.3, 0.4) is 0 Å². The molecule has 31 heteroatoms. The van der Waals surface area contributed by atoms with Gasteiger partial charge in [-0.2, -0.15) is 47.0 Å². The number of ketones is 2. The maximum absolute atomic E-state index is 13.0. The molecule has 10 N–H and O–H groups in total. The van der Waals surface area contributed by atoms with Gasteiger partial charge in [-0.15, -0.1) is 24.8 Å². The van der Waals surface area contributed by atoms with Crippen LogP contribution in [-0.4, -0.2) is 195 Å². The van der Waals surface area contributed by atoms with Crippen LogP contribution in [0, 0.1) is 11.8 Å². The Kier molecular flexibility index (Phi) is 73.1. The van der Waals surface area contributed by atoms with Gasteiger partial charge in [-0.3, -0.25) is 52.7 Å². The number of amides is 4. The molecule has 0 saturated carbocycles. The molecule has 0 aliphatic heterocycles. The zero-order valence-electron chi connectivity index (χ0n) is 67.9. The zero-order valence-corrected chi connectivity index (χ0v) is 72.8. The highest BCUT2D eigenvalue weighted by Gasteiger charge is 2.31. The summed E-state index contributed by atoms with van der Waals surface area (Å²) in [4.78, 5) is 139. The summed E-state index contributed by atoms with van der Waals surface area (Å²) in [6, 6.07) is 33.5. The Balaban J connectivity index is -0.000000201. The quantitative estimate of drug-likeness (QED) is 0.0119. The van der Waals surface area contributed by atoms with Crippen molar-refractivity contribution in [3.8, 4) is 0 Å². The number of nitrogens with one attached hydrogen (secondary N) is 4. The molecule has 0 aliphatic rings. The second-order valence-corrected chi connectivity index (χ2v) is 35.3. The van der Waals surface area contributed by atoms with Crippen LogP contribution >= 0.6 is 71.9 Å². The zero-order chi connectivity index (χ0) is 82.6. The van der Waals surface area contributed by atoms with Gasteiger partial charge in [0.1, 0.15) is 24.7 Å². The second kappa shape index (κ2) is 68.0. The van der Waals surface area contributed by atoms with Crippen molar-refractivity contribution in [2.45, 2.75) is 229 Å². The van der Waals surface area contributed by atoms with Gasteiger partial charge in [0.05, 0.1) is 50.8 Å². The minimum absolute atomic E-state index is 0. The number of benzene rings is 4. The molecule has 114 heavy (non-hydrogen) atoms. The third kappa shape index (κ3) is 66.1. The first-order chi connectivity index (χ1) is 50.4. The number of rotatable bonds is 36. The summed E-state index contributed by atoms with van der Waals surface area (Å²) in [5.74, 6) is -3.57.